The minimum absolute atomic E-state index is 0.0143. The van der Waals surface area contributed by atoms with Gasteiger partial charge in [-0.05, 0) is 12.8 Å². The Morgan fingerprint density at radius 1 is 1.44 bits per heavy atom. The fraction of sp³-hybridized carbons (Fsp3) is 0.846. The Morgan fingerprint density at radius 3 is 2.78 bits per heavy atom. The van der Waals surface area contributed by atoms with E-state index in [0.29, 0.717) is 19.1 Å². The molecule has 1 saturated heterocycles. The van der Waals surface area contributed by atoms with Crippen molar-refractivity contribution in [2.75, 3.05) is 20.2 Å². The van der Waals surface area contributed by atoms with Crippen LogP contribution in [0.4, 0.5) is 0 Å². The molecule has 2 fully saturated rings. The van der Waals surface area contributed by atoms with Gasteiger partial charge in [-0.1, -0.05) is 19.3 Å². The van der Waals surface area contributed by atoms with Crippen LogP contribution in [0.5, 0.6) is 0 Å². The van der Waals surface area contributed by atoms with Crippen LogP contribution in [0, 0.1) is 11.3 Å². The fourth-order valence-corrected chi connectivity index (χ4v) is 2.72. The average molecular weight is 251 g/mol. The molecule has 1 N–H and O–H groups in total. The lowest BCUT2D eigenvalue weighted by Crippen LogP contribution is -2.63. The van der Waals surface area contributed by atoms with Crippen LogP contribution in [-0.2, 0) is 9.53 Å². The molecule has 0 aromatic rings. The third-order valence-corrected chi connectivity index (χ3v) is 3.97. The van der Waals surface area contributed by atoms with Gasteiger partial charge in [0, 0.05) is 13.2 Å². The summed E-state index contributed by atoms with van der Waals surface area (Å²) in [4.78, 5) is 13.6. The second-order valence-electron chi connectivity index (χ2n) is 5.11. The zero-order valence-electron chi connectivity index (χ0n) is 10.9. The van der Waals surface area contributed by atoms with Crippen LogP contribution in [0.15, 0.2) is 0 Å². The van der Waals surface area contributed by atoms with Gasteiger partial charge in [0.1, 0.15) is 12.1 Å². The lowest BCUT2D eigenvalue weighted by atomic mass is 9.95. The van der Waals surface area contributed by atoms with Crippen molar-refractivity contribution in [3.05, 3.63) is 0 Å². The Hall–Kier alpha value is -1.12. The SMILES string of the molecule is COC1CN(C(=O)CNC2CCCCC2)C1C#N. The number of ether oxygens (including phenoxy) is 1. The van der Waals surface area contributed by atoms with Crippen LogP contribution in [0.25, 0.3) is 0 Å². The summed E-state index contributed by atoms with van der Waals surface area (Å²) in [5.74, 6) is 0.0143. The Morgan fingerprint density at radius 2 is 2.17 bits per heavy atom. The highest BCUT2D eigenvalue weighted by Gasteiger charge is 2.42. The molecular weight excluding hydrogens is 230 g/mol. The Bertz CT molecular complexity index is 334. The maximum absolute atomic E-state index is 12.0. The van der Waals surface area contributed by atoms with Crippen LogP contribution < -0.4 is 5.32 Å². The summed E-state index contributed by atoms with van der Waals surface area (Å²) in [5.41, 5.74) is 0. The first-order valence-corrected chi connectivity index (χ1v) is 6.71. The molecule has 1 aliphatic heterocycles. The smallest absolute Gasteiger partial charge is 0.237 e. The van der Waals surface area contributed by atoms with Crippen LogP contribution in [0.2, 0.25) is 0 Å². The zero-order chi connectivity index (χ0) is 13.0. The van der Waals surface area contributed by atoms with E-state index < -0.39 is 6.04 Å². The van der Waals surface area contributed by atoms with Gasteiger partial charge in [0.25, 0.3) is 0 Å². The van der Waals surface area contributed by atoms with E-state index in [2.05, 4.69) is 11.4 Å². The number of methoxy groups -OCH3 is 1. The fourth-order valence-electron chi connectivity index (χ4n) is 2.72. The minimum atomic E-state index is -0.407. The van der Waals surface area contributed by atoms with Gasteiger partial charge < -0.3 is 15.0 Å². The monoisotopic (exact) mass is 251 g/mol. The molecular formula is C13H21N3O2. The number of hydrogen-bond acceptors (Lipinski definition) is 4. The molecule has 1 heterocycles. The molecule has 0 spiro atoms. The molecule has 2 atom stereocenters. The van der Waals surface area contributed by atoms with E-state index in [0.717, 1.165) is 12.8 Å². The molecule has 2 unspecified atom stereocenters. The van der Waals surface area contributed by atoms with E-state index in [4.69, 9.17) is 10.00 Å². The second-order valence-corrected chi connectivity index (χ2v) is 5.11. The number of carbonyl (C=O) groups is 1. The normalized spacial score (nSPS) is 28.6. The topological polar surface area (TPSA) is 65.4 Å². The maximum atomic E-state index is 12.0. The molecule has 100 valence electrons. The molecule has 5 heteroatoms. The van der Waals surface area contributed by atoms with E-state index >= 15 is 0 Å². The molecule has 5 nitrogen and oxygen atoms in total. The predicted octanol–water partition coefficient (Wildman–Crippen LogP) is 0.658. The molecule has 2 rings (SSSR count). The van der Waals surface area contributed by atoms with E-state index in [1.165, 1.54) is 19.3 Å². The molecule has 18 heavy (non-hydrogen) atoms. The number of rotatable bonds is 4. The molecule has 0 aromatic heterocycles. The van der Waals surface area contributed by atoms with Crippen molar-refractivity contribution in [3.8, 4) is 6.07 Å². The van der Waals surface area contributed by atoms with Crippen molar-refractivity contribution in [2.24, 2.45) is 0 Å². The van der Waals surface area contributed by atoms with Gasteiger partial charge in [0.15, 0.2) is 0 Å². The van der Waals surface area contributed by atoms with Crippen molar-refractivity contribution in [1.82, 2.24) is 10.2 Å². The average Bonchev–Trinajstić information content (AvgIpc) is 2.37. The van der Waals surface area contributed by atoms with Gasteiger partial charge in [0.2, 0.25) is 5.91 Å². The van der Waals surface area contributed by atoms with E-state index in [-0.39, 0.29) is 12.0 Å². The van der Waals surface area contributed by atoms with Gasteiger partial charge in [-0.25, -0.2) is 0 Å². The zero-order valence-corrected chi connectivity index (χ0v) is 10.9. The Balaban J connectivity index is 1.73. The number of likely N-dealkylation sites (tertiary alicyclic amines) is 1. The summed E-state index contributed by atoms with van der Waals surface area (Å²) in [6.45, 7) is 0.888. The van der Waals surface area contributed by atoms with E-state index in [1.807, 2.05) is 0 Å². The summed E-state index contributed by atoms with van der Waals surface area (Å²) in [6, 6.07) is 2.19. The van der Waals surface area contributed by atoms with Crippen LogP contribution >= 0.6 is 0 Å². The summed E-state index contributed by atoms with van der Waals surface area (Å²) < 4.78 is 5.13. The summed E-state index contributed by atoms with van der Waals surface area (Å²) in [6.07, 6.45) is 6.02. The lowest BCUT2D eigenvalue weighted by molar-refractivity contribution is -0.147. The van der Waals surface area contributed by atoms with Gasteiger partial charge in [-0.2, -0.15) is 5.26 Å². The molecule has 0 aromatic carbocycles. The van der Waals surface area contributed by atoms with E-state index in [1.54, 1.807) is 12.0 Å². The maximum Gasteiger partial charge on any atom is 0.237 e. The number of hydrogen-bond donors (Lipinski definition) is 1. The van der Waals surface area contributed by atoms with Crippen molar-refractivity contribution in [3.63, 3.8) is 0 Å². The molecule has 1 aliphatic carbocycles. The summed E-state index contributed by atoms with van der Waals surface area (Å²) >= 11 is 0. The highest BCUT2D eigenvalue weighted by Crippen LogP contribution is 2.21. The number of nitrogens with zero attached hydrogens (tertiary/aromatic N) is 2. The first-order chi connectivity index (χ1) is 8.76. The number of amides is 1. The van der Waals surface area contributed by atoms with Crippen molar-refractivity contribution >= 4 is 5.91 Å². The number of carbonyl (C=O) groups excluding carboxylic acids is 1. The summed E-state index contributed by atoms with van der Waals surface area (Å²) in [5, 5.41) is 12.3. The van der Waals surface area contributed by atoms with Crippen LogP contribution in [-0.4, -0.2) is 49.2 Å². The number of nitrogens with one attached hydrogen (secondary N) is 1. The standard InChI is InChI=1S/C13H21N3O2/c1-18-12-9-16(11(12)7-14)13(17)8-15-10-5-3-2-4-6-10/h10-12,15H,2-6,8-9H2,1H3. The lowest BCUT2D eigenvalue weighted by Gasteiger charge is -2.43. The molecule has 1 amide bonds. The second kappa shape index (κ2) is 6.17. The Kier molecular flexibility index (Phi) is 4.56. The third-order valence-electron chi connectivity index (χ3n) is 3.97. The first-order valence-electron chi connectivity index (χ1n) is 6.71. The first kappa shape index (κ1) is 13.3. The van der Waals surface area contributed by atoms with Crippen LogP contribution in [0.1, 0.15) is 32.1 Å². The number of nitriles is 1. The summed E-state index contributed by atoms with van der Waals surface area (Å²) in [7, 11) is 1.58. The van der Waals surface area contributed by atoms with Gasteiger partial charge in [-0.15, -0.1) is 0 Å². The molecule has 0 radical (unpaired) electrons. The van der Waals surface area contributed by atoms with Gasteiger partial charge >= 0.3 is 0 Å². The Labute approximate surface area is 108 Å². The quantitative estimate of drug-likeness (QED) is 0.797. The molecule has 1 saturated carbocycles. The largest absolute Gasteiger partial charge is 0.376 e. The van der Waals surface area contributed by atoms with Crippen molar-refractivity contribution in [2.45, 2.75) is 50.3 Å². The van der Waals surface area contributed by atoms with Gasteiger partial charge in [-0.3, -0.25) is 4.79 Å². The van der Waals surface area contributed by atoms with Gasteiger partial charge in [0.05, 0.1) is 19.2 Å². The molecule has 0 bridgehead atoms. The molecule has 2 aliphatic rings. The third kappa shape index (κ3) is 2.82. The highest BCUT2D eigenvalue weighted by atomic mass is 16.5. The predicted molar refractivity (Wildman–Crippen MR) is 66.8 cm³/mol. The van der Waals surface area contributed by atoms with Crippen LogP contribution in [0.3, 0.4) is 0 Å². The van der Waals surface area contributed by atoms with Crippen molar-refractivity contribution < 1.29 is 9.53 Å². The van der Waals surface area contributed by atoms with E-state index in [9.17, 15) is 4.79 Å². The van der Waals surface area contributed by atoms with Crippen molar-refractivity contribution in [1.29, 1.82) is 5.26 Å². The highest BCUT2D eigenvalue weighted by molar-refractivity contribution is 5.80. The minimum Gasteiger partial charge on any atom is -0.376 e.